The van der Waals surface area contributed by atoms with E-state index in [1.807, 2.05) is 48.2 Å². The van der Waals surface area contributed by atoms with E-state index >= 15 is 0 Å². The van der Waals surface area contributed by atoms with Gasteiger partial charge in [0, 0.05) is 25.0 Å². The molecule has 3 rings (SSSR count). The second-order valence-corrected chi connectivity index (χ2v) is 7.39. The summed E-state index contributed by atoms with van der Waals surface area (Å²) in [6.07, 6.45) is 1.07. The van der Waals surface area contributed by atoms with E-state index in [1.54, 1.807) is 0 Å². The lowest BCUT2D eigenvalue weighted by molar-refractivity contribution is -0.144. The van der Waals surface area contributed by atoms with Crippen LogP contribution in [0.1, 0.15) is 72.7 Å². The van der Waals surface area contributed by atoms with Gasteiger partial charge in [0.2, 0.25) is 5.78 Å². The largest absolute Gasteiger partial charge is 0.481 e. The highest BCUT2D eigenvalue weighted by atomic mass is 16.4. The monoisotopic (exact) mass is 342 g/mol. The van der Waals surface area contributed by atoms with Crippen molar-refractivity contribution < 1.29 is 14.7 Å². The Morgan fingerprint density at radius 1 is 1.32 bits per heavy atom. The third-order valence-corrected chi connectivity index (χ3v) is 5.75. The summed E-state index contributed by atoms with van der Waals surface area (Å²) < 4.78 is 3.88. The van der Waals surface area contributed by atoms with Gasteiger partial charge in [0.15, 0.2) is 0 Å². The second kappa shape index (κ2) is 5.90. The Balaban J connectivity index is 2.11. The van der Waals surface area contributed by atoms with E-state index in [1.165, 1.54) is 0 Å². The molecule has 25 heavy (non-hydrogen) atoms. The number of carboxylic acids is 1. The van der Waals surface area contributed by atoms with Crippen LogP contribution in [-0.4, -0.2) is 26.0 Å². The Morgan fingerprint density at radius 2 is 2.00 bits per heavy atom. The van der Waals surface area contributed by atoms with Crippen molar-refractivity contribution in [2.75, 3.05) is 0 Å². The number of aryl methyl sites for hydroxylation is 1. The summed E-state index contributed by atoms with van der Waals surface area (Å²) in [6, 6.07) is 5.76. The molecule has 5 nitrogen and oxygen atoms in total. The number of carboxylic acid groups (broad SMARTS) is 1. The third kappa shape index (κ3) is 2.36. The van der Waals surface area contributed by atoms with Crippen LogP contribution in [0.2, 0.25) is 0 Å². The van der Waals surface area contributed by atoms with Crippen LogP contribution >= 0.6 is 0 Å². The fourth-order valence-electron chi connectivity index (χ4n) is 4.23. The number of ketones is 1. The van der Waals surface area contributed by atoms with Gasteiger partial charge in [0.25, 0.3) is 0 Å². The summed E-state index contributed by atoms with van der Waals surface area (Å²) in [7, 11) is 1.92. The summed E-state index contributed by atoms with van der Waals surface area (Å²) >= 11 is 0. The number of fused-ring (bicyclic) bond motifs is 1. The Kier molecular flexibility index (Phi) is 4.13. The normalized spacial score (nSPS) is 19.4. The molecule has 0 saturated heterocycles. The van der Waals surface area contributed by atoms with Crippen molar-refractivity contribution in [3.8, 4) is 0 Å². The first-order chi connectivity index (χ1) is 11.7. The minimum atomic E-state index is -0.874. The van der Waals surface area contributed by atoms with Gasteiger partial charge in [-0.05, 0) is 49.4 Å². The van der Waals surface area contributed by atoms with Crippen molar-refractivity contribution in [1.29, 1.82) is 0 Å². The summed E-state index contributed by atoms with van der Waals surface area (Å²) in [5.74, 6) is -0.493. The van der Waals surface area contributed by atoms with Gasteiger partial charge in [-0.1, -0.05) is 20.8 Å². The fourth-order valence-corrected chi connectivity index (χ4v) is 4.23. The fraction of sp³-hybridized carbons (Fsp3) is 0.500. The molecule has 1 unspecified atom stereocenters. The molecule has 2 aromatic heterocycles. The number of carbonyl (C=O) groups excluding carboxylic acids is 1. The van der Waals surface area contributed by atoms with Crippen molar-refractivity contribution in [1.82, 2.24) is 9.13 Å². The van der Waals surface area contributed by atoms with Crippen molar-refractivity contribution in [3.05, 3.63) is 46.5 Å². The molecule has 0 bridgehead atoms. The number of aliphatic carboxylic acids is 1. The molecule has 1 atom stereocenters. The highest BCUT2D eigenvalue weighted by molar-refractivity contribution is 6.08. The quantitative estimate of drug-likeness (QED) is 0.844. The molecule has 0 aromatic carbocycles. The van der Waals surface area contributed by atoms with Crippen LogP contribution in [-0.2, 0) is 23.8 Å². The Labute approximate surface area is 148 Å². The Hall–Kier alpha value is -2.30. The van der Waals surface area contributed by atoms with Crippen LogP contribution in [0.5, 0.6) is 0 Å². The minimum absolute atomic E-state index is 0.0320. The Bertz CT molecular complexity index is 857. The molecule has 0 spiro atoms. The van der Waals surface area contributed by atoms with E-state index < -0.39 is 11.4 Å². The molecule has 2 aromatic rings. The van der Waals surface area contributed by atoms with Crippen molar-refractivity contribution in [2.24, 2.45) is 7.05 Å². The number of hydrogen-bond donors (Lipinski definition) is 1. The SMILES string of the molecule is CCC1(C(=O)O)CCn2c1cc(C)c2C(=O)c1ccc(C(C)C)n1C. The van der Waals surface area contributed by atoms with E-state index in [4.69, 9.17) is 0 Å². The van der Waals surface area contributed by atoms with Gasteiger partial charge < -0.3 is 14.2 Å². The summed E-state index contributed by atoms with van der Waals surface area (Å²) in [5.41, 5.74) is 3.14. The predicted molar refractivity (Wildman–Crippen MR) is 96.3 cm³/mol. The molecule has 0 fully saturated rings. The van der Waals surface area contributed by atoms with Gasteiger partial charge in [-0.3, -0.25) is 9.59 Å². The van der Waals surface area contributed by atoms with Crippen LogP contribution in [0, 0.1) is 6.92 Å². The van der Waals surface area contributed by atoms with Crippen LogP contribution in [0.3, 0.4) is 0 Å². The molecule has 0 radical (unpaired) electrons. The lowest BCUT2D eigenvalue weighted by Crippen LogP contribution is -2.32. The van der Waals surface area contributed by atoms with Gasteiger partial charge in [0.1, 0.15) is 5.41 Å². The van der Waals surface area contributed by atoms with Gasteiger partial charge in [0.05, 0.1) is 11.4 Å². The first-order valence-electron chi connectivity index (χ1n) is 8.89. The maximum absolute atomic E-state index is 13.2. The number of rotatable bonds is 5. The molecule has 134 valence electrons. The maximum atomic E-state index is 13.2. The van der Waals surface area contributed by atoms with Crippen LogP contribution in [0.4, 0.5) is 0 Å². The molecule has 0 saturated carbocycles. The molecular formula is C20H26N2O3. The van der Waals surface area contributed by atoms with E-state index in [2.05, 4.69) is 13.8 Å². The van der Waals surface area contributed by atoms with Gasteiger partial charge in [-0.2, -0.15) is 0 Å². The van der Waals surface area contributed by atoms with Crippen molar-refractivity contribution in [3.63, 3.8) is 0 Å². The van der Waals surface area contributed by atoms with Crippen LogP contribution in [0.15, 0.2) is 18.2 Å². The molecule has 3 heterocycles. The topological polar surface area (TPSA) is 64.2 Å². The number of carbonyl (C=O) groups is 2. The third-order valence-electron chi connectivity index (χ3n) is 5.75. The van der Waals surface area contributed by atoms with Crippen LogP contribution < -0.4 is 0 Å². The first kappa shape index (κ1) is 17.5. The molecule has 0 aliphatic carbocycles. The van der Waals surface area contributed by atoms with E-state index in [0.717, 1.165) is 17.0 Å². The smallest absolute Gasteiger partial charge is 0.315 e. The van der Waals surface area contributed by atoms with E-state index in [9.17, 15) is 14.7 Å². The summed E-state index contributed by atoms with van der Waals surface area (Å²) in [5, 5.41) is 9.77. The second-order valence-electron chi connectivity index (χ2n) is 7.39. The number of aromatic nitrogens is 2. The maximum Gasteiger partial charge on any atom is 0.315 e. The Morgan fingerprint density at radius 3 is 2.52 bits per heavy atom. The minimum Gasteiger partial charge on any atom is -0.481 e. The van der Waals surface area contributed by atoms with Crippen molar-refractivity contribution >= 4 is 11.8 Å². The summed E-state index contributed by atoms with van der Waals surface area (Å²) in [4.78, 5) is 25.1. The zero-order chi connectivity index (χ0) is 18.5. The average molecular weight is 342 g/mol. The van der Waals surface area contributed by atoms with E-state index in [0.29, 0.717) is 36.7 Å². The van der Waals surface area contributed by atoms with Gasteiger partial charge >= 0.3 is 5.97 Å². The predicted octanol–water partition coefficient (Wildman–Crippen LogP) is 3.63. The highest BCUT2D eigenvalue weighted by Crippen LogP contribution is 2.41. The first-order valence-corrected chi connectivity index (χ1v) is 8.89. The zero-order valence-corrected chi connectivity index (χ0v) is 15.6. The van der Waals surface area contributed by atoms with E-state index in [-0.39, 0.29) is 5.78 Å². The zero-order valence-electron chi connectivity index (χ0n) is 15.6. The highest BCUT2D eigenvalue weighted by Gasteiger charge is 2.46. The number of hydrogen-bond acceptors (Lipinski definition) is 2. The molecule has 1 aliphatic rings. The van der Waals surface area contributed by atoms with Gasteiger partial charge in [-0.25, -0.2) is 0 Å². The molecule has 1 N–H and O–H groups in total. The summed E-state index contributed by atoms with van der Waals surface area (Å²) in [6.45, 7) is 8.58. The molecule has 0 amide bonds. The molecular weight excluding hydrogens is 316 g/mol. The lowest BCUT2D eigenvalue weighted by atomic mass is 9.81. The van der Waals surface area contributed by atoms with Gasteiger partial charge in [-0.15, -0.1) is 0 Å². The van der Waals surface area contributed by atoms with Crippen LogP contribution in [0.25, 0.3) is 0 Å². The lowest BCUT2D eigenvalue weighted by Gasteiger charge is -2.21. The average Bonchev–Trinajstić information content (AvgIpc) is 3.18. The van der Waals surface area contributed by atoms with Crippen molar-refractivity contribution in [2.45, 2.75) is 58.4 Å². The standard InChI is InChI=1S/C20H26N2O3/c1-6-20(19(24)25)9-10-22-16(20)11-13(4)17(22)18(23)15-8-7-14(12(2)3)21(15)5/h7-8,11-12H,6,9-10H2,1-5H3,(H,24,25). The number of nitrogens with zero attached hydrogens (tertiary/aromatic N) is 2. The molecule has 5 heteroatoms. The molecule has 1 aliphatic heterocycles.